The molecule has 1 fully saturated rings. The summed E-state index contributed by atoms with van der Waals surface area (Å²) in [6.45, 7) is 2.69. The van der Waals surface area contributed by atoms with Crippen LogP contribution >= 0.6 is 0 Å². The van der Waals surface area contributed by atoms with Crippen molar-refractivity contribution in [3.05, 3.63) is 71.8 Å². The van der Waals surface area contributed by atoms with Gasteiger partial charge in [-0.1, -0.05) is 60.7 Å². The lowest BCUT2D eigenvalue weighted by atomic mass is 9.85. The Kier molecular flexibility index (Phi) is 10.3. The second-order valence-corrected chi connectivity index (χ2v) is 8.67. The molecule has 5 heteroatoms. The number of amides is 2. The van der Waals surface area contributed by atoms with E-state index in [1.54, 1.807) is 0 Å². The van der Waals surface area contributed by atoms with Crippen LogP contribution in [-0.4, -0.2) is 38.0 Å². The minimum Gasteiger partial charge on any atom is -0.356 e. The van der Waals surface area contributed by atoms with E-state index in [2.05, 4.69) is 64.5 Å². The van der Waals surface area contributed by atoms with Crippen molar-refractivity contribution in [1.29, 1.82) is 0 Å². The summed E-state index contributed by atoms with van der Waals surface area (Å²) in [4.78, 5) is 25.5. The fourth-order valence-corrected chi connectivity index (χ4v) is 4.33. The fraction of sp³-hybridized carbons (Fsp3) is 0.481. The third-order valence-electron chi connectivity index (χ3n) is 6.22. The molecule has 0 bridgehead atoms. The minimum absolute atomic E-state index is 0.00105. The van der Waals surface area contributed by atoms with E-state index in [1.165, 1.54) is 11.1 Å². The Morgan fingerprint density at radius 2 is 1.22 bits per heavy atom. The normalized spacial score (nSPS) is 18.1. The van der Waals surface area contributed by atoms with Crippen molar-refractivity contribution in [1.82, 2.24) is 16.0 Å². The average Bonchev–Trinajstić information content (AvgIpc) is 2.84. The molecular weight excluding hydrogens is 398 g/mol. The summed E-state index contributed by atoms with van der Waals surface area (Å²) >= 11 is 0. The third kappa shape index (κ3) is 8.12. The van der Waals surface area contributed by atoms with Crippen molar-refractivity contribution in [2.75, 3.05) is 26.2 Å². The van der Waals surface area contributed by atoms with Gasteiger partial charge >= 0.3 is 0 Å². The fourth-order valence-electron chi connectivity index (χ4n) is 4.33. The zero-order valence-electron chi connectivity index (χ0n) is 19.0. The Bertz CT molecular complexity index is 741. The number of piperidine rings is 1. The van der Waals surface area contributed by atoms with E-state index in [-0.39, 0.29) is 23.7 Å². The van der Waals surface area contributed by atoms with Gasteiger partial charge < -0.3 is 16.0 Å². The Morgan fingerprint density at radius 3 is 1.75 bits per heavy atom. The first-order valence-corrected chi connectivity index (χ1v) is 12.1. The van der Waals surface area contributed by atoms with Gasteiger partial charge in [-0.05, 0) is 62.6 Å². The molecule has 32 heavy (non-hydrogen) atoms. The molecule has 1 aliphatic heterocycles. The van der Waals surface area contributed by atoms with E-state index in [0.29, 0.717) is 26.1 Å². The summed E-state index contributed by atoms with van der Waals surface area (Å²) in [7, 11) is 0. The number of nitrogens with one attached hydrogen (secondary N) is 3. The molecule has 1 aliphatic rings. The van der Waals surface area contributed by atoms with Crippen molar-refractivity contribution in [2.24, 2.45) is 11.8 Å². The monoisotopic (exact) mass is 435 g/mol. The van der Waals surface area contributed by atoms with E-state index in [1.807, 2.05) is 12.1 Å². The van der Waals surface area contributed by atoms with Crippen LogP contribution in [0.3, 0.4) is 0 Å². The highest BCUT2D eigenvalue weighted by Gasteiger charge is 2.35. The highest BCUT2D eigenvalue weighted by atomic mass is 16.2. The zero-order chi connectivity index (χ0) is 22.4. The summed E-state index contributed by atoms with van der Waals surface area (Å²) in [6.07, 6.45) is 6.74. The molecule has 0 aliphatic carbocycles. The Labute approximate surface area is 192 Å². The molecule has 2 aromatic carbocycles. The van der Waals surface area contributed by atoms with Crippen LogP contribution in [0.1, 0.15) is 43.2 Å². The Hall–Kier alpha value is -2.66. The van der Waals surface area contributed by atoms with Gasteiger partial charge in [0.2, 0.25) is 11.8 Å². The van der Waals surface area contributed by atoms with Gasteiger partial charge in [0.25, 0.3) is 0 Å². The third-order valence-corrected chi connectivity index (χ3v) is 6.22. The van der Waals surface area contributed by atoms with Crippen molar-refractivity contribution in [3.8, 4) is 0 Å². The molecule has 2 atom stereocenters. The number of carbonyl (C=O) groups is 2. The summed E-state index contributed by atoms with van der Waals surface area (Å²) in [5.74, 6) is -0.506. The molecule has 1 saturated heterocycles. The number of rotatable bonds is 12. The minimum atomic E-state index is -0.290. The summed E-state index contributed by atoms with van der Waals surface area (Å²) in [6, 6.07) is 20.8. The molecule has 2 aromatic rings. The zero-order valence-corrected chi connectivity index (χ0v) is 19.0. The predicted octanol–water partition coefficient (Wildman–Crippen LogP) is 3.49. The van der Waals surface area contributed by atoms with Gasteiger partial charge in [0.05, 0.1) is 11.8 Å². The van der Waals surface area contributed by atoms with Crippen LogP contribution in [0.2, 0.25) is 0 Å². The van der Waals surface area contributed by atoms with Crippen LogP contribution in [0.25, 0.3) is 0 Å². The van der Waals surface area contributed by atoms with Crippen LogP contribution < -0.4 is 16.0 Å². The molecule has 0 saturated carbocycles. The predicted molar refractivity (Wildman–Crippen MR) is 129 cm³/mol. The van der Waals surface area contributed by atoms with Crippen LogP contribution in [0.15, 0.2) is 60.7 Å². The van der Waals surface area contributed by atoms with Gasteiger partial charge in [-0.2, -0.15) is 0 Å². The van der Waals surface area contributed by atoms with Crippen LogP contribution in [-0.2, 0) is 22.4 Å². The standard InChI is InChI=1S/C27H37N3O2/c31-26(29-18-9-7-15-22-11-3-1-4-12-22)24-17-20-28-21-25(24)27(32)30-19-10-8-16-23-13-5-2-6-14-23/h1-6,11-14,24-25,28H,7-10,15-21H2,(H,29,31)(H,30,32). The lowest BCUT2D eigenvalue weighted by molar-refractivity contribution is -0.135. The van der Waals surface area contributed by atoms with Gasteiger partial charge in [0.15, 0.2) is 0 Å². The van der Waals surface area contributed by atoms with Crippen LogP contribution in [0.5, 0.6) is 0 Å². The first-order chi connectivity index (χ1) is 15.7. The quantitative estimate of drug-likeness (QED) is 0.447. The highest BCUT2D eigenvalue weighted by molar-refractivity contribution is 5.88. The first-order valence-electron chi connectivity index (χ1n) is 12.1. The Morgan fingerprint density at radius 1 is 0.719 bits per heavy atom. The lowest BCUT2D eigenvalue weighted by Crippen LogP contribution is -2.50. The second-order valence-electron chi connectivity index (χ2n) is 8.67. The van der Waals surface area contributed by atoms with Gasteiger partial charge in [-0.3, -0.25) is 9.59 Å². The highest BCUT2D eigenvalue weighted by Crippen LogP contribution is 2.20. The van der Waals surface area contributed by atoms with E-state index < -0.39 is 0 Å². The first kappa shape index (κ1) is 24.0. The number of aryl methyl sites for hydroxylation is 2. The smallest absolute Gasteiger partial charge is 0.225 e. The van der Waals surface area contributed by atoms with Gasteiger partial charge in [0.1, 0.15) is 0 Å². The van der Waals surface area contributed by atoms with E-state index >= 15 is 0 Å². The summed E-state index contributed by atoms with van der Waals surface area (Å²) < 4.78 is 0. The molecule has 3 N–H and O–H groups in total. The number of unbranched alkanes of at least 4 members (excludes halogenated alkanes) is 2. The van der Waals surface area contributed by atoms with E-state index in [4.69, 9.17) is 0 Å². The number of carbonyl (C=O) groups excluding carboxylic acids is 2. The summed E-state index contributed by atoms with van der Waals surface area (Å²) in [5, 5.41) is 9.41. The largest absolute Gasteiger partial charge is 0.356 e. The molecule has 0 spiro atoms. The van der Waals surface area contributed by atoms with Crippen LogP contribution in [0, 0.1) is 11.8 Å². The van der Waals surface area contributed by atoms with Crippen molar-refractivity contribution in [3.63, 3.8) is 0 Å². The van der Waals surface area contributed by atoms with E-state index in [0.717, 1.165) is 45.1 Å². The second kappa shape index (κ2) is 13.7. The Balaban J connectivity index is 1.33. The van der Waals surface area contributed by atoms with Crippen molar-refractivity contribution in [2.45, 2.75) is 44.9 Å². The number of benzene rings is 2. The number of hydrogen-bond acceptors (Lipinski definition) is 3. The van der Waals surface area contributed by atoms with E-state index in [9.17, 15) is 9.59 Å². The maximum atomic E-state index is 12.8. The molecule has 2 amide bonds. The van der Waals surface area contributed by atoms with Gasteiger partial charge in [-0.15, -0.1) is 0 Å². The van der Waals surface area contributed by atoms with Gasteiger partial charge in [-0.25, -0.2) is 0 Å². The maximum absolute atomic E-state index is 12.8. The molecule has 0 radical (unpaired) electrons. The van der Waals surface area contributed by atoms with Crippen molar-refractivity contribution < 1.29 is 9.59 Å². The lowest BCUT2D eigenvalue weighted by Gasteiger charge is -2.30. The van der Waals surface area contributed by atoms with Gasteiger partial charge in [0, 0.05) is 19.6 Å². The molecular formula is C27H37N3O2. The van der Waals surface area contributed by atoms with Crippen LogP contribution in [0.4, 0.5) is 0 Å². The molecule has 3 rings (SSSR count). The number of hydrogen-bond donors (Lipinski definition) is 3. The van der Waals surface area contributed by atoms with Crippen molar-refractivity contribution >= 4 is 11.8 Å². The maximum Gasteiger partial charge on any atom is 0.225 e. The molecule has 172 valence electrons. The molecule has 0 aromatic heterocycles. The molecule has 2 unspecified atom stereocenters. The molecule has 1 heterocycles. The average molecular weight is 436 g/mol. The topological polar surface area (TPSA) is 70.2 Å². The SMILES string of the molecule is O=C(NCCCCc1ccccc1)C1CCNCC1C(=O)NCCCCc1ccccc1. The molecule has 5 nitrogen and oxygen atoms in total. The summed E-state index contributed by atoms with van der Waals surface area (Å²) in [5.41, 5.74) is 2.66.